The highest BCUT2D eigenvalue weighted by Gasteiger charge is 2.60. The summed E-state index contributed by atoms with van der Waals surface area (Å²) in [5.74, 6) is 7.81. The van der Waals surface area contributed by atoms with E-state index < -0.39 is 0 Å². The van der Waals surface area contributed by atoms with Crippen LogP contribution in [0.15, 0.2) is 0 Å². The summed E-state index contributed by atoms with van der Waals surface area (Å²) in [5.41, 5.74) is 1.29. The minimum absolute atomic E-state index is 0.643. The van der Waals surface area contributed by atoms with Crippen molar-refractivity contribution >= 4 is 0 Å². The maximum atomic E-state index is 2.76. The van der Waals surface area contributed by atoms with E-state index in [-0.39, 0.29) is 0 Å². The predicted octanol–water partition coefficient (Wildman–Crippen LogP) is 8.67. The van der Waals surface area contributed by atoms with Gasteiger partial charge in [0.1, 0.15) is 0 Å². The highest BCUT2D eigenvalue weighted by Crippen LogP contribution is 2.68. The average Bonchev–Trinajstić information content (AvgIpc) is 3.10. The molecule has 32 heavy (non-hydrogen) atoms. The number of hydrogen-bond donors (Lipinski definition) is 0. The molecule has 0 aromatic heterocycles. The molecular weight excluding hydrogens is 386 g/mol. The first-order valence-electron chi connectivity index (χ1n) is 14.8. The van der Waals surface area contributed by atoms with Crippen LogP contribution in [0.3, 0.4) is 0 Å². The summed E-state index contributed by atoms with van der Waals surface area (Å²) in [6, 6.07) is 0.841. The lowest BCUT2D eigenvalue weighted by Gasteiger charge is -2.61. The normalized spacial score (nSPS) is 45.9. The van der Waals surface area contributed by atoms with Crippen LogP contribution >= 0.6 is 0 Å². The maximum absolute atomic E-state index is 2.76. The first kappa shape index (κ1) is 25.1. The van der Waals surface area contributed by atoms with Gasteiger partial charge in [-0.15, -0.1) is 0 Å². The van der Waals surface area contributed by atoms with E-state index in [9.17, 15) is 0 Å². The van der Waals surface area contributed by atoms with Gasteiger partial charge in [0.05, 0.1) is 0 Å². The molecule has 0 aromatic carbocycles. The van der Waals surface area contributed by atoms with Gasteiger partial charge in [0.2, 0.25) is 0 Å². The van der Waals surface area contributed by atoms with Crippen molar-refractivity contribution in [3.8, 4) is 0 Å². The third-order valence-corrected chi connectivity index (χ3v) is 12.6. The Kier molecular flexibility index (Phi) is 7.48. The first-order chi connectivity index (χ1) is 15.1. The van der Waals surface area contributed by atoms with Crippen LogP contribution in [-0.4, -0.2) is 25.0 Å². The molecule has 10 atom stereocenters. The molecule has 0 saturated heterocycles. The molecule has 0 aromatic rings. The lowest BCUT2D eigenvalue weighted by molar-refractivity contribution is -0.122. The summed E-state index contributed by atoms with van der Waals surface area (Å²) in [7, 11) is 4.63. The predicted molar refractivity (Wildman–Crippen MR) is 140 cm³/mol. The van der Waals surface area contributed by atoms with Gasteiger partial charge in [0.25, 0.3) is 0 Å². The Labute approximate surface area is 201 Å². The highest BCUT2D eigenvalue weighted by atomic mass is 15.1. The lowest BCUT2D eigenvalue weighted by atomic mass is 9.44. The van der Waals surface area contributed by atoms with Gasteiger partial charge in [-0.1, -0.05) is 54.4 Å². The summed E-state index contributed by atoms with van der Waals surface area (Å²) >= 11 is 0. The molecule has 0 radical (unpaired) electrons. The SMILES string of the molecule is CCC(CC[C@@H](C)C1CCC2C3CCC4CC(N(C)C)CCC4(C)C3CCC21C)C(C)C. The van der Waals surface area contributed by atoms with E-state index >= 15 is 0 Å². The molecule has 0 N–H and O–H groups in total. The fourth-order valence-corrected chi connectivity index (χ4v) is 10.4. The van der Waals surface area contributed by atoms with Crippen LogP contribution in [-0.2, 0) is 0 Å². The van der Waals surface area contributed by atoms with Gasteiger partial charge in [-0.25, -0.2) is 0 Å². The minimum atomic E-state index is 0.643. The molecule has 186 valence electrons. The zero-order chi connectivity index (χ0) is 23.3. The summed E-state index contributed by atoms with van der Waals surface area (Å²) in [5, 5.41) is 0. The molecular formula is C31H57N. The average molecular weight is 444 g/mol. The second-order valence-corrected chi connectivity index (χ2v) is 14.2. The summed E-state index contributed by atoms with van der Waals surface area (Å²) in [6.45, 7) is 15.4. The molecule has 1 heteroatoms. The van der Waals surface area contributed by atoms with E-state index in [1.54, 1.807) is 19.3 Å². The molecule has 9 unspecified atom stereocenters. The molecule has 4 fully saturated rings. The van der Waals surface area contributed by atoms with Crippen LogP contribution in [0.2, 0.25) is 0 Å². The second-order valence-electron chi connectivity index (χ2n) is 14.2. The standard InChI is InChI=1S/C31H57N/c1-9-23(21(2)3)11-10-22(4)27-14-15-28-26-13-12-24-20-25(32(7)8)16-18-30(24,5)29(26)17-19-31(27,28)6/h21-29H,9-20H2,1-8H3/t22-,23?,24?,25?,26?,27?,28?,29?,30?,31?/m1/s1. The smallest absolute Gasteiger partial charge is 0.00922 e. The number of fused-ring (bicyclic) bond motifs is 5. The molecule has 0 heterocycles. The fourth-order valence-electron chi connectivity index (χ4n) is 10.4. The Hall–Kier alpha value is -0.0400. The summed E-state index contributed by atoms with van der Waals surface area (Å²) in [4.78, 5) is 2.52. The minimum Gasteiger partial charge on any atom is -0.306 e. The zero-order valence-electron chi connectivity index (χ0n) is 23.1. The van der Waals surface area contributed by atoms with Crippen LogP contribution < -0.4 is 0 Å². The van der Waals surface area contributed by atoms with Gasteiger partial charge in [-0.05, 0) is 136 Å². The quantitative estimate of drug-likeness (QED) is 0.380. The van der Waals surface area contributed by atoms with Crippen LogP contribution in [0.25, 0.3) is 0 Å². The maximum Gasteiger partial charge on any atom is 0.00922 e. The van der Waals surface area contributed by atoms with Crippen molar-refractivity contribution in [1.82, 2.24) is 4.90 Å². The molecule has 0 amide bonds. The van der Waals surface area contributed by atoms with Crippen molar-refractivity contribution in [1.29, 1.82) is 0 Å². The Morgan fingerprint density at radius 2 is 1.50 bits per heavy atom. The molecule has 4 aliphatic carbocycles. The van der Waals surface area contributed by atoms with Crippen molar-refractivity contribution in [3.05, 3.63) is 0 Å². The van der Waals surface area contributed by atoms with Gasteiger partial charge in [-0.3, -0.25) is 0 Å². The van der Waals surface area contributed by atoms with E-state index in [1.165, 1.54) is 57.8 Å². The van der Waals surface area contributed by atoms with Crippen LogP contribution in [0.4, 0.5) is 0 Å². The van der Waals surface area contributed by atoms with Gasteiger partial charge in [0.15, 0.2) is 0 Å². The van der Waals surface area contributed by atoms with Crippen molar-refractivity contribution < 1.29 is 0 Å². The third-order valence-electron chi connectivity index (χ3n) is 12.6. The van der Waals surface area contributed by atoms with Gasteiger partial charge >= 0.3 is 0 Å². The second kappa shape index (κ2) is 9.54. The number of hydrogen-bond acceptors (Lipinski definition) is 1. The molecule has 0 spiro atoms. The van der Waals surface area contributed by atoms with Gasteiger partial charge < -0.3 is 4.90 Å². The number of nitrogens with zero attached hydrogens (tertiary/aromatic N) is 1. The zero-order valence-corrected chi connectivity index (χ0v) is 23.1. The third kappa shape index (κ3) is 4.24. The first-order valence-corrected chi connectivity index (χ1v) is 14.8. The molecule has 4 saturated carbocycles. The van der Waals surface area contributed by atoms with Crippen LogP contribution in [0.1, 0.15) is 119 Å². The van der Waals surface area contributed by atoms with Crippen LogP contribution in [0.5, 0.6) is 0 Å². The van der Waals surface area contributed by atoms with Crippen LogP contribution in [0, 0.1) is 58.2 Å². The largest absolute Gasteiger partial charge is 0.306 e. The van der Waals surface area contributed by atoms with E-state index in [0.717, 1.165) is 53.4 Å². The Bertz CT molecular complexity index is 624. The lowest BCUT2D eigenvalue weighted by Crippen LogP contribution is -2.55. The van der Waals surface area contributed by atoms with Gasteiger partial charge in [0, 0.05) is 6.04 Å². The van der Waals surface area contributed by atoms with Crippen molar-refractivity contribution in [2.24, 2.45) is 58.2 Å². The Balaban J connectivity index is 1.44. The fraction of sp³-hybridized carbons (Fsp3) is 1.00. The molecule has 1 nitrogen and oxygen atoms in total. The molecule has 0 bridgehead atoms. The van der Waals surface area contributed by atoms with E-state index in [4.69, 9.17) is 0 Å². The monoisotopic (exact) mass is 443 g/mol. The summed E-state index contributed by atoms with van der Waals surface area (Å²) < 4.78 is 0. The topological polar surface area (TPSA) is 3.24 Å². The van der Waals surface area contributed by atoms with Crippen molar-refractivity contribution in [2.75, 3.05) is 14.1 Å². The molecule has 0 aliphatic heterocycles. The Morgan fingerprint density at radius 1 is 0.812 bits per heavy atom. The van der Waals surface area contributed by atoms with E-state index in [2.05, 4.69) is 60.5 Å². The van der Waals surface area contributed by atoms with E-state index in [0.29, 0.717) is 10.8 Å². The van der Waals surface area contributed by atoms with Gasteiger partial charge in [-0.2, -0.15) is 0 Å². The number of rotatable bonds is 7. The summed E-state index contributed by atoms with van der Waals surface area (Å²) in [6.07, 6.45) is 18.0. The van der Waals surface area contributed by atoms with Crippen molar-refractivity contribution in [3.63, 3.8) is 0 Å². The van der Waals surface area contributed by atoms with Crippen molar-refractivity contribution in [2.45, 2.75) is 125 Å². The highest BCUT2D eigenvalue weighted by molar-refractivity contribution is 5.10. The molecule has 4 rings (SSSR count). The van der Waals surface area contributed by atoms with E-state index in [1.807, 2.05) is 0 Å². The molecule has 4 aliphatic rings. The Morgan fingerprint density at radius 3 is 2.16 bits per heavy atom.